The molecule has 0 saturated heterocycles. The molecule has 110 valence electrons. The molecule has 1 aliphatic carbocycles. The lowest BCUT2D eigenvalue weighted by atomic mass is 9.96. The molecule has 0 radical (unpaired) electrons. The molecule has 2 nitrogen and oxygen atoms in total. The summed E-state index contributed by atoms with van der Waals surface area (Å²) in [4.78, 5) is 2.58. The molecule has 1 aromatic carbocycles. The lowest BCUT2D eigenvalue weighted by Gasteiger charge is -2.23. The van der Waals surface area contributed by atoms with Crippen LogP contribution in [-0.2, 0) is 12.8 Å². The van der Waals surface area contributed by atoms with Crippen LogP contribution in [0.2, 0.25) is 0 Å². The second-order valence-electron chi connectivity index (χ2n) is 7.30. The summed E-state index contributed by atoms with van der Waals surface area (Å²) < 4.78 is 0. The zero-order valence-electron chi connectivity index (χ0n) is 12.9. The van der Waals surface area contributed by atoms with Gasteiger partial charge in [-0.25, -0.2) is 0 Å². The summed E-state index contributed by atoms with van der Waals surface area (Å²) in [6.07, 6.45) is 7.60. The molecule has 1 aliphatic heterocycles. The zero-order chi connectivity index (χ0) is 14.2. The van der Waals surface area contributed by atoms with Crippen LogP contribution < -0.4 is 4.90 Å². The Kier molecular flexibility index (Phi) is 3.76. The first-order chi connectivity index (χ1) is 9.51. The minimum absolute atomic E-state index is 0.615. The summed E-state index contributed by atoms with van der Waals surface area (Å²) in [5.74, 6) is 0.914. The van der Waals surface area contributed by atoms with Gasteiger partial charge in [-0.2, -0.15) is 0 Å². The maximum Gasteiger partial charge on any atom is 0.0631 e. The number of hydrogen-bond acceptors (Lipinski definition) is 2. The molecule has 2 aliphatic rings. The van der Waals surface area contributed by atoms with E-state index in [9.17, 15) is 5.11 Å². The van der Waals surface area contributed by atoms with Crippen molar-refractivity contribution in [2.75, 3.05) is 18.0 Å². The van der Waals surface area contributed by atoms with Gasteiger partial charge in [-0.1, -0.05) is 25.0 Å². The van der Waals surface area contributed by atoms with Crippen LogP contribution in [0, 0.1) is 5.92 Å². The fourth-order valence-electron chi connectivity index (χ4n) is 3.83. The number of hydrogen-bond donors (Lipinski definition) is 1. The number of aliphatic hydroxyl groups is 1. The first-order valence-electron chi connectivity index (χ1n) is 8.10. The predicted molar refractivity (Wildman–Crippen MR) is 84.3 cm³/mol. The van der Waals surface area contributed by atoms with Gasteiger partial charge in [-0.15, -0.1) is 0 Å². The quantitative estimate of drug-likeness (QED) is 0.907. The standard InChI is InChI=1S/C18H27NO/c1-18(2,20)12-15-7-8-17-16(11-15)9-10-19(17)13-14-5-3-4-6-14/h7-8,11,14,20H,3-6,9-10,12-13H2,1-2H3. The highest BCUT2D eigenvalue weighted by atomic mass is 16.3. The summed E-state index contributed by atoms with van der Waals surface area (Å²) in [6, 6.07) is 6.78. The molecule has 0 amide bonds. The van der Waals surface area contributed by atoms with E-state index in [1.165, 1.54) is 62.0 Å². The maximum atomic E-state index is 9.95. The van der Waals surface area contributed by atoms with Crippen LogP contribution >= 0.6 is 0 Å². The summed E-state index contributed by atoms with van der Waals surface area (Å²) in [7, 11) is 0. The number of rotatable bonds is 4. The summed E-state index contributed by atoms with van der Waals surface area (Å²) >= 11 is 0. The van der Waals surface area contributed by atoms with E-state index in [1.807, 2.05) is 13.8 Å². The van der Waals surface area contributed by atoms with Crippen LogP contribution in [0.3, 0.4) is 0 Å². The molecule has 1 aromatic rings. The monoisotopic (exact) mass is 273 g/mol. The minimum Gasteiger partial charge on any atom is -0.390 e. The topological polar surface area (TPSA) is 23.5 Å². The Hall–Kier alpha value is -1.02. The predicted octanol–water partition coefficient (Wildman–Crippen LogP) is 3.55. The summed E-state index contributed by atoms with van der Waals surface area (Å²) in [5.41, 5.74) is 3.57. The van der Waals surface area contributed by atoms with E-state index >= 15 is 0 Å². The van der Waals surface area contributed by atoms with Crippen LogP contribution in [0.25, 0.3) is 0 Å². The molecule has 20 heavy (non-hydrogen) atoms. The molecule has 1 fully saturated rings. The SMILES string of the molecule is CC(C)(O)Cc1ccc2c(c1)CCN2CC1CCCC1. The van der Waals surface area contributed by atoms with Crippen molar-refractivity contribution in [1.29, 1.82) is 0 Å². The van der Waals surface area contributed by atoms with Crippen molar-refractivity contribution < 1.29 is 5.11 Å². The fourth-order valence-corrected chi connectivity index (χ4v) is 3.83. The van der Waals surface area contributed by atoms with Crippen LogP contribution in [0.15, 0.2) is 18.2 Å². The van der Waals surface area contributed by atoms with Gasteiger partial charge in [0, 0.05) is 25.2 Å². The van der Waals surface area contributed by atoms with Crippen molar-refractivity contribution in [3.8, 4) is 0 Å². The lowest BCUT2D eigenvalue weighted by molar-refractivity contribution is 0.0810. The average molecular weight is 273 g/mol. The Morgan fingerprint density at radius 1 is 1.25 bits per heavy atom. The Morgan fingerprint density at radius 3 is 2.70 bits per heavy atom. The molecule has 0 unspecified atom stereocenters. The Labute approximate surface area is 122 Å². The van der Waals surface area contributed by atoms with E-state index in [1.54, 1.807) is 0 Å². The van der Waals surface area contributed by atoms with Gasteiger partial charge in [0.05, 0.1) is 5.60 Å². The highest BCUT2D eigenvalue weighted by Gasteiger charge is 2.24. The number of nitrogens with zero attached hydrogens (tertiary/aromatic N) is 1. The van der Waals surface area contributed by atoms with Gasteiger partial charge < -0.3 is 10.0 Å². The fraction of sp³-hybridized carbons (Fsp3) is 0.667. The van der Waals surface area contributed by atoms with E-state index in [4.69, 9.17) is 0 Å². The third-order valence-electron chi connectivity index (χ3n) is 4.73. The average Bonchev–Trinajstić information content (AvgIpc) is 2.98. The molecule has 0 atom stereocenters. The lowest BCUT2D eigenvalue weighted by Crippen LogP contribution is -2.26. The van der Waals surface area contributed by atoms with E-state index < -0.39 is 5.60 Å². The van der Waals surface area contributed by atoms with Gasteiger partial charge in [0.1, 0.15) is 0 Å². The third-order valence-corrected chi connectivity index (χ3v) is 4.73. The molecule has 0 bridgehead atoms. The molecular weight excluding hydrogens is 246 g/mol. The van der Waals surface area contributed by atoms with E-state index in [-0.39, 0.29) is 0 Å². The first kappa shape index (κ1) is 13.9. The number of anilines is 1. The van der Waals surface area contributed by atoms with Crippen molar-refractivity contribution in [2.45, 2.75) is 58.0 Å². The number of fused-ring (bicyclic) bond motifs is 1. The molecule has 1 saturated carbocycles. The van der Waals surface area contributed by atoms with Gasteiger partial charge in [0.15, 0.2) is 0 Å². The summed E-state index contributed by atoms with van der Waals surface area (Å²) in [5, 5.41) is 9.95. The smallest absolute Gasteiger partial charge is 0.0631 e. The summed E-state index contributed by atoms with van der Waals surface area (Å²) in [6.45, 7) is 6.19. The second kappa shape index (κ2) is 5.40. The van der Waals surface area contributed by atoms with E-state index in [0.717, 1.165) is 12.3 Å². The van der Waals surface area contributed by atoms with Gasteiger partial charge >= 0.3 is 0 Å². The van der Waals surface area contributed by atoms with Gasteiger partial charge in [0.2, 0.25) is 0 Å². The van der Waals surface area contributed by atoms with Gasteiger partial charge in [-0.05, 0) is 56.2 Å². The van der Waals surface area contributed by atoms with Crippen LogP contribution in [0.4, 0.5) is 5.69 Å². The third kappa shape index (κ3) is 3.17. The molecule has 1 heterocycles. The Morgan fingerprint density at radius 2 is 2.00 bits per heavy atom. The molecular formula is C18H27NO. The van der Waals surface area contributed by atoms with Crippen molar-refractivity contribution >= 4 is 5.69 Å². The molecule has 0 spiro atoms. The molecule has 3 rings (SSSR count). The Bertz CT molecular complexity index is 469. The highest BCUT2D eigenvalue weighted by Crippen LogP contribution is 2.33. The molecule has 2 heteroatoms. The first-order valence-corrected chi connectivity index (χ1v) is 8.10. The van der Waals surface area contributed by atoms with Crippen molar-refractivity contribution in [3.63, 3.8) is 0 Å². The van der Waals surface area contributed by atoms with Gasteiger partial charge in [0.25, 0.3) is 0 Å². The highest BCUT2D eigenvalue weighted by molar-refractivity contribution is 5.59. The van der Waals surface area contributed by atoms with Crippen molar-refractivity contribution in [1.82, 2.24) is 0 Å². The van der Waals surface area contributed by atoms with Gasteiger partial charge in [-0.3, -0.25) is 0 Å². The molecule has 1 N–H and O–H groups in total. The largest absolute Gasteiger partial charge is 0.390 e. The van der Waals surface area contributed by atoms with Crippen LogP contribution in [0.1, 0.15) is 50.7 Å². The van der Waals surface area contributed by atoms with Crippen LogP contribution in [-0.4, -0.2) is 23.8 Å². The Balaban J connectivity index is 1.70. The van der Waals surface area contributed by atoms with E-state index in [0.29, 0.717) is 0 Å². The molecule has 0 aromatic heterocycles. The normalized spacial score (nSPS) is 19.6. The van der Waals surface area contributed by atoms with Crippen molar-refractivity contribution in [2.24, 2.45) is 5.92 Å². The maximum absolute atomic E-state index is 9.95. The minimum atomic E-state index is -0.615. The second-order valence-corrected chi connectivity index (χ2v) is 7.30. The van der Waals surface area contributed by atoms with Crippen molar-refractivity contribution in [3.05, 3.63) is 29.3 Å². The number of benzene rings is 1. The zero-order valence-corrected chi connectivity index (χ0v) is 12.9. The van der Waals surface area contributed by atoms with Crippen LogP contribution in [0.5, 0.6) is 0 Å². The van der Waals surface area contributed by atoms with E-state index in [2.05, 4.69) is 23.1 Å².